The highest BCUT2D eigenvalue weighted by Gasteiger charge is 2.24. The predicted octanol–water partition coefficient (Wildman–Crippen LogP) is 0.849. The van der Waals surface area contributed by atoms with Gasteiger partial charge < -0.3 is 5.11 Å². The molecule has 5 nitrogen and oxygen atoms in total. The van der Waals surface area contributed by atoms with Crippen molar-refractivity contribution in [3.05, 3.63) is 29.8 Å². The van der Waals surface area contributed by atoms with Gasteiger partial charge in [-0.05, 0) is 13.0 Å². The molecule has 16 heavy (non-hydrogen) atoms. The zero-order valence-electron chi connectivity index (χ0n) is 9.51. The van der Waals surface area contributed by atoms with Crippen LogP contribution in [0.5, 0.6) is 5.75 Å². The minimum absolute atomic E-state index is 0.0909. The lowest BCUT2D eigenvalue weighted by Gasteiger charge is -2.24. The quantitative estimate of drug-likeness (QED) is 0.825. The fourth-order valence-corrected chi connectivity index (χ4v) is 2.21. The number of hydrogen-bond acceptors (Lipinski definition) is 3. The lowest BCUT2D eigenvalue weighted by atomic mass is 10.1. The highest BCUT2D eigenvalue weighted by molar-refractivity contribution is 7.87. The third-order valence-electron chi connectivity index (χ3n) is 2.57. The molecule has 1 aromatic rings. The minimum atomic E-state index is -3.49. The van der Waals surface area contributed by atoms with Crippen molar-refractivity contribution in [2.75, 3.05) is 14.1 Å². The number of phenolic OH excluding ortho intramolecular Hbond substituents is 1. The van der Waals surface area contributed by atoms with Gasteiger partial charge in [0.1, 0.15) is 5.75 Å². The van der Waals surface area contributed by atoms with Crippen LogP contribution < -0.4 is 4.72 Å². The zero-order chi connectivity index (χ0) is 12.3. The Kier molecular flexibility index (Phi) is 3.90. The van der Waals surface area contributed by atoms with Crippen LogP contribution in [0.15, 0.2) is 24.3 Å². The zero-order valence-corrected chi connectivity index (χ0v) is 10.3. The van der Waals surface area contributed by atoms with Crippen molar-refractivity contribution in [1.82, 2.24) is 9.03 Å². The molecule has 0 saturated carbocycles. The number of para-hydroxylation sites is 1. The van der Waals surface area contributed by atoms with Gasteiger partial charge in [0.15, 0.2) is 0 Å². The molecule has 90 valence electrons. The van der Waals surface area contributed by atoms with Crippen LogP contribution in [-0.4, -0.2) is 31.9 Å². The van der Waals surface area contributed by atoms with Gasteiger partial charge in [-0.15, -0.1) is 0 Å². The van der Waals surface area contributed by atoms with E-state index in [0.717, 1.165) is 0 Å². The number of nitrogens with zero attached hydrogens (tertiary/aromatic N) is 1. The summed E-state index contributed by atoms with van der Waals surface area (Å²) in [6.07, 6.45) is 0. The van der Waals surface area contributed by atoms with Gasteiger partial charge in [0.25, 0.3) is 10.2 Å². The standard InChI is InChI=1S/C10H16N2O3S/c1-8(12(3)16(14,15)11-2)9-6-4-5-7-10(9)13/h4-8,11,13H,1-3H3. The van der Waals surface area contributed by atoms with Crippen LogP contribution in [0.25, 0.3) is 0 Å². The largest absolute Gasteiger partial charge is 0.508 e. The van der Waals surface area contributed by atoms with Crippen LogP contribution in [0, 0.1) is 0 Å². The van der Waals surface area contributed by atoms with Crippen LogP contribution in [0.2, 0.25) is 0 Å². The molecule has 0 amide bonds. The minimum Gasteiger partial charge on any atom is -0.508 e. The lowest BCUT2D eigenvalue weighted by molar-refractivity contribution is 0.377. The van der Waals surface area contributed by atoms with Crippen LogP contribution in [0.1, 0.15) is 18.5 Å². The van der Waals surface area contributed by atoms with Crippen LogP contribution in [0.4, 0.5) is 0 Å². The van der Waals surface area contributed by atoms with E-state index in [-0.39, 0.29) is 5.75 Å². The molecule has 1 rings (SSSR count). The van der Waals surface area contributed by atoms with E-state index in [1.165, 1.54) is 24.5 Å². The summed E-state index contributed by atoms with van der Waals surface area (Å²) in [5, 5.41) is 9.63. The first-order chi connectivity index (χ1) is 7.40. The Balaban J connectivity index is 3.04. The SMILES string of the molecule is CNS(=O)(=O)N(C)C(C)c1ccccc1O. The number of nitrogens with one attached hydrogen (secondary N) is 1. The van der Waals surface area contributed by atoms with Crippen molar-refractivity contribution in [3.8, 4) is 5.75 Å². The number of benzene rings is 1. The summed E-state index contributed by atoms with van der Waals surface area (Å²) >= 11 is 0. The average Bonchev–Trinajstić information content (AvgIpc) is 2.27. The van der Waals surface area contributed by atoms with Crippen molar-refractivity contribution >= 4 is 10.2 Å². The summed E-state index contributed by atoms with van der Waals surface area (Å²) in [4.78, 5) is 0. The van der Waals surface area contributed by atoms with Crippen LogP contribution >= 0.6 is 0 Å². The van der Waals surface area contributed by atoms with E-state index in [0.29, 0.717) is 5.56 Å². The second-order valence-electron chi connectivity index (χ2n) is 3.46. The third-order valence-corrected chi connectivity index (χ3v) is 4.16. The molecular weight excluding hydrogens is 228 g/mol. The lowest BCUT2D eigenvalue weighted by Crippen LogP contribution is -2.37. The predicted molar refractivity (Wildman–Crippen MR) is 62.3 cm³/mol. The first-order valence-corrected chi connectivity index (χ1v) is 6.28. The molecule has 2 N–H and O–H groups in total. The Morgan fingerprint density at radius 2 is 1.94 bits per heavy atom. The summed E-state index contributed by atoms with van der Waals surface area (Å²) in [5.41, 5.74) is 0.573. The van der Waals surface area contributed by atoms with Gasteiger partial charge >= 0.3 is 0 Å². The maximum atomic E-state index is 11.6. The summed E-state index contributed by atoms with van der Waals surface area (Å²) in [7, 11) is -0.678. The monoisotopic (exact) mass is 244 g/mol. The van der Waals surface area contributed by atoms with Crippen molar-refractivity contribution in [1.29, 1.82) is 0 Å². The Morgan fingerprint density at radius 3 is 2.44 bits per heavy atom. The molecule has 0 aliphatic carbocycles. The van der Waals surface area contributed by atoms with Crippen molar-refractivity contribution < 1.29 is 13.5 Å². The number of phenols is 1. The summed E-state index contributed by atoms with van der Waals surface area (Å²) in [6.45, 7) is 1.71. The molecule has 0 aliphatic rings. The molecule has 0 bridgehead atoms. The maximum Gasteiger partial charge on any atom is 0.279 e. The van der Waals surface area contributed by atoms with E-state index in [2.05, 4.69) is 4.72 Å². The fraction of sp³-hybridized carbons (Fsp3) is 0.400. The topological polar surface area (TPSA) is 69.6 Å². The second kappa shape index (κ2) is 4.82. The molecule has 0 aliphatic heterocycles. The summed E-state index contributed by atoms with van der Waals surface area (Å²) < 4.78 is 26.5. The van der Waals surface area contributed by atoms with E-state index in [1.807, 2.05) is 0 Å². The summed E-state index contributed by atoms with van der Waals surface area (Å²) in [5.74, 6) is 0.0909. The fourth-order valence-electron chi connectivity index (χ4n) is 1.39. The highest BCUT2D eigenvalue weighted by Crippen LogP contribution is 2.28. The van der Waals surface area contributed by atoms with Crippen LogP contribution in [0.3, 0.4) is 0 Å². The van der Waals surface area contributed by atoms with Gasteiger partial charge in [-0.25, -0.2) is 4.72 Å². The molecule has 0 spiro atoms. The normalized spacial score (nSPS) is 14.0. The smallest absolute Gasteiger partial charge is 0.279 e. The average molecular weight is 244 g/mol. The second-order valence-corrected chi connectivity index (χ2v) is 5.39. The van der Waals surface area contributed by atoms with Crippen molar-refractivity contribution in [2.24, 2.45) is 0 Å². The van der Waals surface area contributed by atoms with Gasteiger partial charge in [-0.2, -0.15) is 12.7 Å². The first-order valence-electron chi connectivity index (χ1n) is 4.84. The van der Waals surface area contributed by atoms with E-state index in [1.54, 1.807) is 25.1 Å². The molecule has 0 heterocycles. The molecule has 0 saturated heterocycles. The van der Waals surface area contributed by atoms with E-state index in [9.17, 15) is 13.5 Å². The molecule has 0 fully saturated rings. The molecule has 0 radical (unpaired) electrons. The molecule has 1 atom stereocenters. The molecule has 1 aromatic carbocycles. The van der Waals surface area contributed by atoms with E-state index in [4.69, 9.17) is 0 Å². The Morgan fingerprint density at radius 1 is 1.38 bits per heavy atom. The molecular formula is C10H16N2O3S. The third kappa shape index (κ3) is 2.52. The number of hydrogen-bond donors (Lipinski definition) is 2. The highest BCUT2D eigenvalue weighted by atomic mass is 32.2. The molecule has 1 unspecified atom stereocenters. The molecule has 6 heteroatoms. The van der Waals surface area contributed by atoms with Gasteiger partial charge in [0.2, 0.25) is 0 Å². The van der Waals surface area contributed by atoms with Crippen LogP contribution in [-0.2, 0) is 10.2 Å². The number of rotatable bonds is 4. The number of aromatic hydroxyl groups is 1. The Labute approximate surface area is 95.9 Å². The summed E-state index contributed by atoms with van der Waals surface area (Å²) in [6, 6.07) is 6.25. The van der Waals surface area contributed by atoms with Gasteiger partial charge in [-0.1, -0.05) is 18.2 Å². The maximum absolute atomic E-state index is 11.6. The Hall–Kier alpha value is -1.11. The van der Waals surface area contributed by atoms with Gasteiger partial charge in [0, 0.05) is 19.7 Å². The van der Waals surface area contributed by atoms with Crippen molar-refractivity contribution in [3.63, 3.8) is 0 Å². The van der Waals surface area contributed by atoms with E-state index >= 15 is 0 Å². The first kappa shape index (κ1) is 13.0. The Bertz CT molecular complexity index is 459. The van der Waals surface area contributed by atoms with E-state index < -0.39 is 16.3 Å². The molecule has 0 aromatic heterocycles. The van der Waals surface area contributed by atoms with Gasteiger partial charge in [-0.3, -0.25) is 0 Å². The van der Waals surface area contributed by atoms with Gasteiger partial charge in [0.05, 0.1) is 6.04 Å². The van der Waals surface area contributed by atoms with Crippen molar-refractivity contribution in [2.45, 2.75) is 13.0 Å².